The second-order valence-corrected chi connectivity index (χ2v) is 9.37. The Bertz CT molecular complexity index is 332. The van der Waals surface area contributed by atoms with Crippen LogP contribution in [0.3, 0.4) is 0 Å². The molecule has 1 aliphatic heterocycles. The summed E-state index contributed by atoms with van der Waals surface area (Å²) >= 11 is 0. The van der Waals surface area contributed by atoms with Gasteiger partial charge in [0.2, 0.25) is 0 Å². The van der Waals surface area contributed by atoms with Gasteiger partial charge < -0.3 is 24.8 Å². The molecule has 0 aromatic carbocycles. The van der Waals surface area contributed by atoms with Gasteiger partial charge in [-0.2, -0.15) is 11.3 Å². The molecule has 0 unspecified atom stereocenters. The summed E-state index contributed by atoms with van der Waals surface area (Å²) < 4.78 is 0. The van der Waals surface area contributed by atoms with Crippen molar-refractivity contribution in [1.82, 2.24) is 0 Å². The predicted octanol–water partition coefficient (Wildman–Crippen LogP) is -1.99. The molecule has 0 nitrogen and oxygen atoms in total. The molecular weight excluding hydrogens is 358 g/mol. The summed E-state index contributed by atoms with van der Waals surface area (Å²) in [5, 5.41) is 1.68. The maximum atomic E-state index is 3.40. The molecule has 1 heterocycles. The summed E-state index contributed by atoms with van der Waals surface area (Å²) in [6, 6.07) is 3.05. The van der Waals surface area contributed by atoms with E-state index >= 15 is 0 Å². The number of allylic oxidation sites excluding steroid dienone is 8. The van der Waals surface area contributed by atoms with E-state index in [4.69, 9.17) is 0 Å². The van der Waals surface area contributed by atoms with Crippen molar-refractivity contribution in [2.75, 3.05) is 0 Å². The summed E-state index contributed by atoms with van der Waals surface area (Å²) in [6.45, 7) is 2.51. The molecule has 96 valence electrons. The molecule has 3 aliphatic rings. The first-order valence-corrected chi connectivity index (χ1v) is 8.72. The monoisotopic (exact) mass is 374 g/mol. The zero-order valence-electron chi connectivity index (χ0n) is 10.7. The molecule has 0 amide bonds. The molecule has 0 saturated carbocycles. The Morgan fingerprint density at radius 3 is 2.17 bits per heavy atom. The number of halogens is 2. The first-order chi connectivity index (χ1) is 7.31. The van der Waals surface area contributed by atoms with Crippen molar-refractivity contribution in [2.45, 2.75) is 37.9 Å². The molecule has 0 N–H and O–H groups in total. The van der Waals surface area contributed by atoms with E-state index in [-0.39, 0.29) is 51.0 Å². The van der Waals surface area contributed by atoms with Crippen LogP contribution in [0, 0.1) is 12.2 Å². The summed E-state index contributed by atoms with van der Waals surface area (Å²) in [5.41, 5.74) is 0. The minimum atomic E-state index is -0.821. The van der Waals surface area contributed by atoms with E-state index in [0.29, 0.717) is 0 Å². The Labute approximate surface area is 144 Å². The maximum absolute atomic E-state index is 3.40. The van der Waals surface area contributed by atoms with E-state index in [1.54, 1.807) is 5.20 Å². The molecule has 0 aromatic heterocycles. The number of hydrogen-bond acceptors (Lipinski definition) is 0. The predicted molar refractivity (Wildman–Crippen MR) is 67.9 cm³/mol. The molecular formula is C14H18Cl2SiZr. The van der Waals surface area contributed by atoms with Crippen molar-refractivity contribution >= 4 is 8.07 Å². The Morgan fingerprint density at radius 2 is 1.89 bits per heavy atom. The fourth-order valence-electron chi connectivity index (χ4n) is 2.16. The standard InChI is InChI=1S/C9H13Si.C5H5.2ClH.Zr/c1-10(7-4-8-10)9-5-2-3-6-9;1-2-4-5-3-1;;;/h2-3H,4-5,7-8H2,1H3;1-3H,4H2;2*1H;/q2*-1;;;+4/p-2. The van der Waals surface area contributed by atoms with E-state index in [9.17, 15) is 0 Å². The minimum Gasteiger partial charge on any atom is -1.00 e. The molecule has 2 aliphatic carbocycles. The van der Waals surface area contributed by atoms with Crippen LogP contribution in [0.2, 0.25) is 18.6 Å². The number of hydrogen-bond donors (Lipinski definition) is 0. The van der Waals surface area contributed by atoms with Gasteiger partial charge in [0.15, 0.2) is 0 Å². The second kappa shape index (κ2) is 10.4. The summed E-state index contributed by atoms with van der Waals surface area (Å²) in [5.74, 6) is 0. The van der Waals surface area contributed by atoms with Crippen molar-refractivity contribution in [3.8, 4) is 0 Å². The van der Waals surface area contributed by atoms with E-state index in [1.165, 1.54) is 24.9 Å². The van der Waals surface area contributed by atoms with E-state index in [1.807, 2.05) is 12.2 Å². The third kappa shape index (κ3) is 5.74. The van der Waals surface area contributed by atoms with Gasteiger partial charge in [0.05, 0.1) is 8.07 Å². The molecule has 3 rings (SSSR count). The van der Waals surface area contributed by atoms with Crippen LogP contribution in [0.5, 0.6) is 0 Å². The first-order valence-electron chi connectivity index (χ1n) is 5.81. The van der Waals surface area contributed by atoms with Crippen LogP contribution in [0.25, 0.3) is 0 Å². The van der Waals surface area contributed by atoms with Crippen LogP contribution in [-0.4, -0.2) is 8.07 Å². The van der Waals surface area contributed by atoms with Gasteiger partial charge in [0.1, 0.15) is 0 Å². The van der Waals surface area contributed by atoms with Gasteiger partial charge in [-0.1, -0.05) is 25.1 Å². The van der Waals surface area contributed by atoms with Crippen molar-refractivity contribution < 1.29 is 51.0 Å². The topological polar surface area (TPSA) is 0 Å². The molecule has 1 saturated heterocycles. The van der Waals surface area contributed by atoms with Gasteiger partial charge in [-0.25, -0.2) is 24.3 Å². The fraction of sp³-hybridized carbons (Fsp3) is 0.429. The third-order valence-corrected chi connectivity index (χ3v) is 8.19. The normalized spacial score (nSPS) is 20.4. The maximum Gasteiger partial charge on any atom is 4.00 e. The van der Waals surface area contributed by atoms with Crippen LogP contribution in [0.15, 0.2) is 35.6 Å². The average molecular weight is 377 g/mol. The molecule has 0 aromatic rings. The van der Waals surface area contributed by atoms with Gasteiger partial charge in [-0.3, -0.25) is 12.2 Å². The molecule has 1 fully saturated rings. The smallest absolute Gasteiger partial charge is 1.00 e. The SMILES string of the molecule is C[Si]1(C2=[C-]C=CC2)CCC1.[C-]1=CC=CC1.[Cl-].[Cl-].[Zr+4]. The Kier molecular flexibility index (Phi) is 12.1. The van der Waals surface area contributed by atoms with Crippen LogP contribution in [0.1, 0.15) is 19.3 Å². The fourth-order valence-corrected chi connectivity index (χ4v) is 5.23. The Morgan fingerprint density at radius 1 is 1.17 bits per heavy atom. The van der Waals surface area contributed by atoms with Crippen LogP contribution in [0.4, 0.5) is 0 Å². The summed E-state index contributed by atoms with van der Waals surface area (Å²) in [4.78, 5) is 0. The Balaban J connectivity index is 0. The molecule has 0 spiro atoms. The first kappa shape index (κ1) is 20.9. The van der Waals surface area contributed by atoms with E-state index in [0.717, 1.165) is 6.42 Å². The minimum absolute atomic E-state index is 0. The molecule has 0 bridgehead atoms. The van der Waals surface area contributed by atoms with Crippen LogP contribution in [-0.2, 0) is 26.2 Å². The van der Waals surface area contributed by atoms with Gasteiger partial charge in [0.25, 0.3) is 0 Å². The zero-order chi connectivity index (χ0) is 10.6. The summed E-state index contributed by atoms with van der Waals surface area (Å²) in [7, 11) is -0.821. The van der Waals surface area contributed by atoms with E-state index < -0.39 is 8.07 Å². The van der Waals surface area contributed by atoms with Gasteiger partial charge in [-0.15, -0.1) is 12.8 Å². The molecule has 4 heteroatoms. The van der Waals surface area contributed by atoms with Crippen LogP contribution < -0.4 is 24.8 Å². The molecule has 0 radical (unpaired) electrons. The van der Waals surface area contributed by atoms with Crippen molar-refractivity contribution in [2.24, 2.45) is 0 Å². The van der Waals surface area contributed by atoms with Gasteiger partial charge in [-0.05, 0) is 0 Å². The Hall–Kier alpha value is 0.640. The van der Waals surface area contributed by atoms with Crippen molar-refractivity contribution in [3.05, 3.63) is 47.7 Å². The third-order valence-electron chi connectivity index (χ3n) is 3.47. The largest absolute Gasteiger partial charge is 4.00 e. The van der Waals surface area contributed by atoms with Crippen LogP contribution >= 0.6 is 0 Å². The van der Waals surface area contributed by atoms with Gasteiger partial charge in [0, 0.05) is 0 Å². The summed E-state index contributed by atoms with van der Waals surface area (Å²) in [6.07, 6.45) is 20.4. The van der Waals surface area contributed by atoms with Crippen molar-refractivity contribution in [1.29, 1.82) is 0 Å². The van der Waals surface area contributed by atoms with E-state index in [2.05, 4.69) is 36.9 Å². The van der Waals surface area contributed by atoms with Crippen molar-refractivity contribution in [3.63, 3.8) is 0 Å². The average Bonchev–Trinajstić information content (AvgIpc) is 2.89. The molecule has 0 atom stereocenters. The quantitative estimate of drug-likeness (QED) is 0.367. The molecule has 18 heavy (non-hydrogen) atoms. The second-order valence-electron chi connectivity index (χ2n) is 4.65. The van der Waals surface area contributed by atoms with Gasteiger partial charge >= 0.3 is 26.2 Å². The number of rotatable bonds is 1. The zero-order valence-corrected chi connectivity index (χ0v) is 15.6.